The Kier molecular flexibility index (Phi) is 16.3. The molecule has 0 radical (unpaired) electrons. The van der Waals surface area contributed by atoms with Gasteiger partial charge in [-0.2, -0.15) is 0 Å². The standard InChI is InChI=1S/C11H16O.C7H13N.C4H8O2S/c1-4-7-12-11-6-5-9(2)8-10(11)3;1-4-7(3)6-8-5-2;1-3-4-7(2,5)6/h5-6,8H,4,7H2,1-3H3;5-6,8H,2,4H2,1,3H3;3H,1,4H2,2H3/b;7-6+;. The van der Waals surface area contributed by atoms with Crippen LogP contribution in [-0.4, -0.2) is 27.0 Å². The first-order valence-corrected chi connectivity index (χ1v) is 11.2. The van der Waals surface area contributed by atoms with Crippen molar-refractivity contribution in [2.75, 3.05) is 18.6 Å². The molecular weight excluding hydrogens is 358 g/mol. The highest BCUT2D eigenvalue weighted by Crippen LogP contribution is 2.18. The van der Waals surface area contributed by atoms with E-state index >= 15 is 0 Å². The molecule has 1 aromatic rings. The fraction of sp³-hybridized carbons (Fsp3) is 0.455. The summed E-state index contributed by atoms with van der Waals surface area (Å²) in [6, 6.07) is 6.27. The minimum atomic E-state index is -2.79. The van der Waals surface area contributed by atoms with E-state index in [1.165, 1.54) is 29.0 Å². The van der Waals surface area contributed by atoms with Gasteiger partial charge < -0.3 is 10.1 Å². The SMILES string of the molecule is C=CCS(C)(=O)=O.C=CN/C=C(\C)CC.CCCOc1ccc(C)cc1C. The summed E-state index contributed by atoms with van der Waals surface area (Å²) >= 11 is 0. The molecule has 0 saturated heterocycles. The lowest BCUT2D eigenvalue weighted by atomic mass is 10.1. The average Bonchev–Trinajstić information content (AvgIpc) is 2.59. The molecule has 0 spiro atoms. The summed E-state index contributed by atoms with van der Waals surface area (Å²) in [7, 11) is -2.79. The van der Waals surface area contributed by atoms with Crippen molar-refractivity contribution >= 4 is 9.84 Å². The van der Waals surface area contributed by atoms with Crippen molar-refractivity contribution in [3.8, 4) is 5.75 Å². The maximum absolute atomic E-state index is 10.2. The third kappa shape index (κ3) is 18.6. The van der Waals surface area contributed by atoms with Crippen LogP contribution in [0.5, 0.6) is 5.75 Å². The summed E-state index contributed by atoms with van der Waals surface area (Å²) < 4.78 is 25.9. The van der Waals surface area contributed by atoms with E-state index < -0.39 is 9.84 Å². The third-order valence-corrected chi connectivity index (χ3v) is 4.06. The Balaban J connectivity index is 0. The maximum Gasteiger partial charge on any atom is 0.150 e. The minimum Gasteiger partial charge on any atom is -0.493 e. The summed E-state index contributed by atoms with van der Waals surface area (Å²) in [5.74, 6) is 1.09. The van der Waals surface area contributed by atoms with Crippen molar-refractivity contribution in [2.45, 2.75) is 47.5 Å². The molecule has 1 N–H and O–H groups in total. The molecule has 27 heavy (non-hydrogen) atoms. The topological polar surface area (TPSA) is 55.4 Å². The Morgan fingerprint density at radius 2 is 1.85 bits per heavy atom. The third-order valence-electron chi connectivity index (χ3n) is 3.22. The van der Waals surface area contributed by atoms with E-state index in [0.29, 0.717) is 0 Å². The number of nitrogens with one attached hydrogen (secondary N) is 1. The number of hydrogen-bond acceptors (Lipinski definition) is 4. The van der Waals surface area contributed by atoms with Gasteiger partial charge in [-0.3, -0.25) is 0 Å². The minimum absolute atomic E-state index is 0.0764. The highest BCUT2D eigenvalue weighted by atomic mass is 32.2. The Labute approximate surface area is 167 Å². The van der Waals surface area contributed by atoms with Crippen LogP contribution in [-0.2, 0) is 9.84 Å². The second-order valence-electron chi connectivity index (χ2n) is 6.21. The number of benzene rings is 1. The van der Waals surface area contributed by atoms with Gasteiger partial charge in [0.1, 0.15) is 5.75 Å². The fourth-order valence-corrected chi connectivity index (χ4v) is 2.12. The van der Waals surface area contributed by atoms with Crippen molar-refractivity contribution in [1.29, 1.82) is 0 Å². The molecule has 1 aromatic carbocycles. The van der Waals surface area contributed by atoms with Crippen LogP contribution in [0.2, 0.25) is 0 Å². The first kappa shape index (κ1) is 27.2. The van der Waals surface area contributed by atoms with Crippen LogP contribution in [0.3, 0.4) is 0 Å². The summed E-state index contributed by atoms with van der Waals surface area (Å²) in [4.78, 5) is 0. The molecule has 4 nitrogen and oxygen atoms in total. The number of aryl methyl sites for hydroxylation is 2. The van der Waals surface area contributed by atoms with Crippen molar-refractivity contribution in [2.24, 2.45) is 0 Å². The van der Waals surface area contributed by atoms with E-state index in [1.54, 1.807) is 6.20 Å². The molecule has 154 valence electrons. The van der Waals surface area contributed by atoms with E-state index in [0.717, 1.165) is 25.2 Å². The lowest BCUT2D eigenvalue weighted by Crippen LogP contribution is -1.98. The fourth-order valence-electron chi connectivity index (χ4n) is 1.69. The van der Waals surface area contributed by atoms with Crippen LogP contribution in [0.15, 0.2) is 55.4 Å². The first-order valence-electron chi connectivity index (χ1n) is 9.12. The second-order valence-corrected chi connectivity index (χ2v) is 8.40. The highest BCUT2D eigenvalue weighted by molar-refractivity contribution is 7.90. The van der Waals surface area contributed by atoms with Crippen molar-refractivity contribution in [3.63, 3.8) is 0 Å². The average molecular weight is 396 g/mol. The predicted molar refractivity (Wildman–Crippen MR) is 119 cm³/mol. The molecular formula is C22H37NO3S. The Bertz CT molecular complexity index is 677. The van der Waals surface area contributed by atoms with Gasteiger partial charge in [-0.1, -0.05) is 49.8 Å². The molecule has 0 bridgehead atoms. The van der Waals surface area contributed by atoms with Crippen molar-refractivity contribution in [3.05, 3.63) is 66.5 Å². The molecule has 0 aliphatic carbocycles. The molecule has 0 unspecified atom stereocenters. The van der Waals surface area contributed by atoms with Crippen LogP contribution in [0.25, 0.3) is 0 Å². The second kappa shape index (κ2) is 16.2. The van der Waals surface area contributed by atoms with Gasteiger partial charge in [0.15, 0.2) is 9.84 Å². The summed E-state index contributed by atoms with van der Waals surface area (Å²) in [6.07, 6.45) is 8.32. The zero-order valence-corrected chi connectivity index (χ0v) is 18.7. The lowest BCUT2D eigenvalue weighted by molar-refractivity contribution is 0.315. The van der Waals surface area contributed by atoms with E-state index in [-0.39, 0.29) is 5.75 Å². The maximum atomic E-state index is 10.2. The monoisotopic (exact) mass is 395 g/mol. The quantitative estimate of drug-likeness (QED) is 0.603. The van der Waals surface area contributed by atoms with E-state index in [1.807, 2.05) is 12.3 Å². The van der Waals surface area contributed by atoms with E-state index in [2.05, 4.69) is 65.2 Å². The smallest absolute Gasteiger partial charge is 0.150 e. The van der Waals surface area contributed by atoms with Crippen LogP contribution in [0, 0.1) is 13.8 Å². The summed E-state index contributed by atoms with van der Waals surface area (Å²) in [6.45, 7) is 18.1. The molecule has 1 rings (SSSR count). The molecule has 5 heteroatoms. The largest absolute Gasteiger partial charge is 0.493 e. The van der Waals surface area contributed by atoms with E-state index in [4.69, 9.17) is 4.74 Å². The number of allylic oxidation sites excluding steroid dienone is 1. The Morgan fingerprint density at radius 1 is 1.22 bits per heavy atom. The number of sulfone groups is 1. The van der Waals surface area contributed by atoms with E-state index in [9.17, 15) is 8.42 Å². The zero-order valence-electron chi connectivity index (χ0n) is 17.8. The molecule has 0 amide bonds. The molecule has 0 atom stereocenters. The lowest BCUT2D eigenvalue weighted by Gasteiger charge is -2.07. The van der Waals surface area contributed by atoms with Crippen molar-refractivity contribution < 1.29 is 13.2 Å². The van der Waals surface area contributed by atoms with Gasteiger partial charge in [-0.15, -0.1) is 6.58 Å². The van der Waals surface area contributed by atoms with Gasteiger partial charge in [0, 0.05) is 6.26 Å². The molecule has 0 heterocycles. The van der Waals surface area contributed by atoms with Crippen LogP contribution < -0.4 is 10.1 Å². The number of hydrogen-bond donors (Lipinski definition) is 1. The Hall–Kier alpha value is -2.01. The predicted octanol–water partition coefficient (Wildman–Crippen LogP) is 5.34. The van der Waals surface area contributed by atoms with Gasteiger partial charge in [0.05, 0.1) is 12.4 Å². The normalized spacial score (nSPS) is 10.5. The van der Waals surface area contributed by atoms with Crippen LogP contribution in [0.4, 0.5) is 0 Å². The molecule has 0 aliphatic heterocycles. The summed E-state index contributed by atoms with van der Waals surface area (Å²) in [5, 5.41) is 2.90. The molecule has 0 saturated carbocycles. The van der Waals surface area contributed by atoms with Gasteiger partial charge in [0.25, 0.3) is 0 Å². The number of rotatable bonds is 8. The molecule has 0 aromatic heterocycles. The van der Waals surface area contributed by atoms with Crippen molar-refractivity contribution in [1.82, 2.24) is 5.32 Å². The Morgan fingerprint density at radius 3 is 2.22 bits per heavy atom. The number of ether oxygens (including phenoxy) is 1. The van der Waals surface area contributed by atoms with Gasteiger partial charge in [-0.05, 0) is 57.6 Å². The molecule has 0 aliphatic rings. The van der Waals surface area contributed by atoms with Crippen LogP contribution >= 0.6 is 0 Å². The highest BCUT2D eigenvalue weighted by Gasteiger charge is 1.97. The van der Waals surface area contributed by atoms with Crippen LogP contribution in [0.1, 0.15) is 44.7 Å². The summed E-state index contributed by atoms with van der Waals surface area (Å²) in [5.41, 5.74) is 3.85. The molecule has 0 fully saturated rings. The van der Waals surface area contributed by atoms with Gasteiger partial charge in [0.2, 0.25) is 0 Å². The van der Waals surface area contributed by atoms with Gasteiger partial charge in [-0.25, -0.2) is 8.42 Å². The first-order chi connectivity index (χ1) is 12.6. The van der Waals surface area contributed by atoms with Gasteiger partial charge >= 0.3 is 0 Å². The zero-order chi connectivity index (χ0) is 21.3.